The van der Waals surface area contributed by atoms with Gasteiger partial charge in [0.1, 0.15) is 16.9 Å². The summed E-state index contributed by atoms with van der Waals surface area (Å²) in [5.74, 6) is -0.828. The number of benzene rings is 2. The fraction of sp³-hybridized carbons (Fsp3) is 0.360. The third kappa shape index (κ3) is 5.28. The third-order valence-electron chi connectivity index (χ3n) is 6.81. The Hall–Kier alpha value is -3.11. The molecule has 10 heteroatoms. The van der Waals surface area contributed by atoms with Crippen molar-refractivity contribution in [3.63, 3.8) is 0 Å². The molecule has 2 aromatic carbocycles. The predicted octanol–water partition coefficient (Wildman–Crippen LogP) is 3.48. The summed E-state index contributed by atoms with van der Waals surface area (Å²) in [5, 5.41) is 10.7. The second kappa shape index (κ2) is 10.2. The molecule has 0 unspecified atom stereocenters. The first kappa shape index (κ1) is 23.6. The van der Waals surface area contributed by atoms with Gasteiger partial charge in [0.05, 0.1) is 5.56 Å². The normalized spacial score (nSPS) is 18.0. The number of carbonyl (C=O) groups excluding carboxylic acids is 2. The number of amides is 1. The van der Waals surface area contributed by atoms with Crippen LogP contribution in [0.3, 0.4) is 0 Å². The van der Waals surface area contributed by atoms with Gasteiger partial charge in [-0.25, -0.2) is 4.39 Å². The molecule has 35 heavy (non-hydrogen) atoms. The summed E-state index contributed by atoms with van der Waals surface area (Å²) in [6.07, 6.45) is 5.21. The number of hydrogen-bond acceptors (Lipinski definition) is 6. The van der Waals surface area contributed by atoms with Crippen LogP contribution >= 0.6 is 15.9 Å². The number of piperidine rings is 1. The Morgan fingerprint density at radius 1 is 0.971 bits per heavy atom. The van der Waals surface area contributed by atoms with Gasteiger partial charge in [-0.2, -0.15) is 15.4 Å². The number of allylic oxidation sites excluding steroid dienone is 1. The minimum absolute atomic E-state index is 0.0291. The van der Waals surface area contributed by atoms with Crippen LogP contribution in [0, 0.1) is 5.82 Å². The largest absolute Gasteiger partial charge is 0.377 e. The Morgan fingerprint density at radius 3 is 2.46 bits per heavy atom. The minimum atomic E-state index is -0.524. The first-order chi connectivity index (χ1) is 17.0. The molecule has 0 aliphatic carbocycles. The Morgan fingerprint density at radius 2 is 1.71 bits per heavy atom. The lowest BCUT2D eigenvalue weighted by Crippen LogP contribution is -2.54. The minimum Gasteiger partial charge on any atom is -0.377 e. The third-order valence-corrected chi connectivity index (χ3v) is 7.31. The average Bonchev–Trinajstić information content (AvgIpc) is 3.35. The first-order valence-corrected chi connectivity index (χ1v) is 12.5. The number of aromatic nitrogens is 3. The zero-order valence-corrected chi connectivity index (χ0v) is 20.7. The number of piperazine rings is 1. The van der Waals surface area contributed by atoms with Crippen LogP contribution in [0.25, 0.3) is 11.0 Å². The molecule has 3 aromatic rings. The van der Waals surface area contributed by atoms with E-state index in [1.54, 1.807) is 24.4 Å². The summed E-state index contributed by atoms with van der Waals surface area (Å²) in [5.41, 5.74) is 2.15. The van der Waals surface area contributed by atoms with Gasteiger partial charge in [0.2, 0.25) is 0 Å². The highest BCUT2D eigenvalue weighted by molar-refractivity contribution is 9.10. The first-order valence-electron chi connectivity index (χ1n) is 11.7. The highest BCUT2D eigenvalue weighted by Gasteiger charge is 2.29. The summed E-state index contributed by atoms with van der Waals surface area (Å²) in [4.78, 5) is 31.8. The number of nitrogens with one attached hydrogen (secondary N) is 1. The zero-order chi connectivity index (χ0) is 24.4. The molecule has 5 rings (SSSR count). The Bertz CT molecular complexity index is 1260. The van der Waals surface area contributed by atoms with Gasteiger partial charge in [0.15, 0.2) is 5.78 Å². The second-order valence-electron chi connectivity index (χ2n) is 8.93. The van der Waals surface area contributed by atoms with Crippen molar-refractivity contribution in [1.82, 2.24) is 30.1 Å². The van der Waals surface area contributed by atoms with E-state index >= 15 is 0 Å². The SMILES string of the molecule is O=C(C=CN1CCC(N2CCN(C(=O)c3ccc4n[nH]nc4c3)CC2)CC1)c1ccc(Br)cc1F. The highest BCUT2D eigenvalue weighted by Crippen LogP contribution is 2.21. The van der Waals surface area contributed by atoms with Crippen LogP contribution in [0.5, 0.6) is 0 Å². The maximum atomic E-state index is 14.0. The quantitative estimate of drug-likeness (QED) is 0.394. The zero-order valence-electron chi connectivity index (χ0n) is 19.2. The van der Waals surface area contributed by atoms with Gasteiger partial charge < -0.3 is 9.80 Å². The van der Waals surface area contributed by atoms with Gasteiger partial charge >= 0.3 is 0 Å². The molecule has 182 valence electrons. The van der Waals surface area contributed by atoms with Crippen LogP contribution in [-0.2, 0) is 0 Å². The molecule has 2 fully saturated rings. The van der Waals surface area contributed by atoms with E-state index in [1.165, 1.54) is 18.2 Å². The molecule has 1 aromatic heterocycles. The summed E-state index contributed by atoms with van der Waals surface area (Å²) >= 11 is 3.21. The second-order valence-corrected chi connectivity index (χ2v) is 9.84. The molecule has 8 nitrogen and oxygen atoms in total. The molecule has 1 N–H and O–H groups in total. The molecule has 0 spiro atoms. The van der Waals surface area contributed by atoms with Crippen LogP contribution in [0.1, 0.15) is 33.6 Å². The van der Waals surface area contributed by atoms with E-state index in [4.69, 9.17) is 0 Å². The molecule has 2 aliphatic heterocycles. The van der Waals surface area contributed by atoms with Gasteiger partial charge in [-0.05, 0) is 49.2 Å². The number of halogens is 2. The number of aromatic amines is 1. The highest BCUT2D eigenvalue weighted by atomic mass is 79.9. The van der Waals surface area contributed by atoms with E-state index in [9.17, 15) is 14.0 Å². The van der Waals surface area contributed by atoms with E-state index in [0.717, 1.165) is 44.5 Å². The summed E-state index contributed by atoms with van der Waals surface area (Å²) in [6.45, 7) is 4.77. The number of likely N-dealkylation sites (tertiary alicyclic amines) is 1. The van der Waals surface area contributed by atoms with E-state index in [2.05, 4.69) is 41.1 Å². The monoisotopic (exact) mass is 540 g/mol. The van der Waals surface area contributed by atoms with Crippen LogP contribution in [0.15, 0.2) is 53.1 Å². The number of fused-ring (bicyclic) bond motifs is 1. The van der Waals surface area contributed by atoms with E-state index in [1.807, 2.05) is 11.0 Å². The smallest absolute Gasteiger partial charge is 0.254 e. The topological polar surface area (TPSA) is 85.4 Å². The lowest BCUT2D eigenvalue weighted by molar-refractivity contribution is 0.0487. The van der Waals surface area contributed by atoms with Crippen molar-refractivity contribution in [2.45, 2.75) is 18.9 Å². The van der Waals surface area contributed by atoms with Gasteiger partial charge in [-0.15, -0.1) is 0 Å². The van der Waals surface area contributed by atoms with Crippen molar-refractivity contribution in [3.05, 3.63) is 70.1 Å². The fourth-order valence-electron chi connectivity index (χ4n) is 4.80. The molecule has 1 amide bonds. The lowest BCUT2D eigenvalue weighted by Gasteiger charge is -2.42. The molecule has 0 radical (unpaired) electrons. The van der Waals surface area contributed by atoms with Crippen LogP contribution < -0.4 is 0 Å². The molecule has 3 heterocycles. The van der Waals surface area contributed by atoms with Crippen molar-refractivity contribution in [2.24, 2.45) is 0 Å². The summed E-state index contributed by atoms with van der Waals surface area (Å²) < 4.78 is 14.6. The fourth-order valence-corrected chi connectivity index (χ4v) is 5.13. The van der Waals surface area contributed by atoms with Gasteiger partial charge in [0, 0.05) is 67.6 Å². The van der Waals surface area contributed by atoms with E-state index < -0.39 is 5.82 Å². The maximum absolute atomic E-state index is 14.0. The lowest BCUT2D eigenvalue weighted by atomic mass is 10.0. The van der Waals surface area contributed by atoms with Crippen LogP contribution in [0.4, 0.5) is 4.39 Å². The number of rotatable bonds is 5. The summed E-state index contributed by atoms with van der Waals surface area (Å²) in [7, 11) is 0. The molecular formula is C25H26BrFN6O2. The molecule has 2 saturated heterocycles. The van der Waals surface area contributed by atoms with Crippen molar-refractivity contribution >= 4 is 38.7 Å². The van der Waals surface area contributed by atoms with Crippen molar-refractivity contribution in [3.8, 4) is 0 Å². The summed E-state index contributed by atoms with van der Waals surface area (Å²) in [6, 6.07) is 10.3. The van der Waals surface area contributed by atoms with Crippen molar-refractivity contribution in [2.75, 3.05) is 39.3 Å². The van der Waals surface area contributed by atoms with E-state index in [-0.39, 0.29) is 17.3 Å². The van der Waals surface area contributed by atoms with Crippen molar-refractivity contribution < 1.29 is 14.0 Å². The number of ketones is 1. The Labute approximate surface area is 210 Å². The number of H-pyrrole nitrogens is 1. The van der Waals surface area contributed by atoms with Gasteiger partial charge in [0.25, 0.3) is 5.91 Å². The molecule has 0 saturated carbocycles. The molecular weight excluding hydrogens is 515 g/mol. The van der Waals surface area contributed by atoms with Crippen LogP contribution in [-0.4, -0.2) is 87.1 Å². The van der Waals surface area contributed by atoms with Crippen molar-refractivity contribution in [1.29, 1.82) is 0 Å². The molecule has 0 atom stereocenters. The average molecular weight is 541 g/mol. The van der Waals surface area contributed by atoms with Gasteiger partial charge in [-0.3, -0.25) is 14.5 Å². The molecule has 0 bridgehead atoms. The standard InChI is InChI=1S/C25H26BrFN6O2/c26-18-2-3-20(21(27)16-18)24(34)7-10-31-8-5-19(6-9-31)32-11-13-33(14-12-32)25(35)17-1-4-22-23(15-17)29-30-28-22/h1-4,7,10,15-16,19H,5-6,8-9,11-14H2,(H,28,29,30). The predicted molar refractivity (Wildman–Crippen MR) is 134 cm³/mol. The molecule has 2 aliphatic rings. The number of hydrogen-bond donors (Lipinski definition) is 1. The Balaban J connectivity index is 1.09. The van der Waals surface area contributed by atoms with E-state index in [0.29, 0.717) is 34.7 Å². The number of carbonyl (C=O) groups is 2. The van der Waals surface area contributed by atoms with Crippen LogP contribution in [0.2, 0.25) is 0 Å². The Kier molecular flexibility index (Phi) is 6.92. The number of nitrogens with zero attached hydrogens (tertiary/aromatic N) is 5. The maximum Gasteiger partial charge on any atom is 0.254 e. The van der Waals surface area contributed by atoms with Gasteiger partial charge in [-0.1, -0.05) is 15.9 Å².